The second-order valence-corrected chi connectivity index (χ2v) is 9.46. The SMILES string of the molecule is C=CCC(CC(=O)NC(C)CO)C(=O)NC(COC(=O)C(CC=C)NC(=O)OCc1ccccc1)c1ccccc1. The van der Waals surface area contributed by atoms with Crippen LogP contribution in [0.5, 0.6) is 0 Å². The van der Waals surface area contributed by atoms with Crippen LogP contribution in [-0.4, -0.2) is 54.3 Å². The van der Waals surface area contributed by atoms with E-state index in [1.807, 2.05) is 36.4 Å². The number of ether oxygens (including phenoxy) is 2. The van der Waals surface area contributed by atoms with Gasteiger partial charge in [-0.2, -0.15) is 0 Å². The normalized spacial score (nSPS) is 13.4. The molecule has 3 amide bonds. The van der Waals surface area contributed by atoms with Crippen molar-refractivity contribution < 1.29 is 33.8 Å². The van der Waals surface area contributed by atoms with Crippen molar-refractivity contribution >= 4 is 23.9 Å². The first-order valence-corrected chi connectivity index (χ1v) is 13.4. The summed E-state index contributed by atoms with van der Waals surface area (Å²) in [4.78, 5) is 50.8. The maximum Gasteiger partial charge on any atom is 0.408 e. The Balaban J connectivity index is 2.05. The maximum absolute atomic E-state index is 13.2. The number of benzene rings is 2. The maximum atomic E-state index is 13.2. The van der Waals surface area contributed by atoms with Gasteiger partial charge in [-0.25, -0.2) is 9.59 Å². The minimum atomic E-state index is -1.05. The molecule has 4 unspecified atom stereocenters. The molecule has 0 spiro atoms. The van der Waals surface area contributed by atoms with E-state index in [1.165, 1.54) is 6.08 Å². The van der Waals surface area contributed by atoms with Gasteiger partial charge in [0.2, 0.25) is 11.8 Å². The van der Waals surface area contributed by atoms with Crippen molar-refractivity contribution in [3.05, 3.63) is 97.1 Å². The fraction of sp³-hybridized carbons (Fsp3) is 0.355. The first kappa shape index (κ1) is 32.8. The molecule has 0 bridgehead atoms. The van der Waals surface area contributed by atoms with E-state index >= 15 is 0 Å². The molecular weight excluding hydrogens is 526 g/mol. The monoisotopic (exact) mass is 565 g/mol. The van der Waals surface area contributed by atoms with Gasteiger partial charge in [0.1, 0.15) is 19.3 Å². The molecule has 0 aliphatic carbocycles. The van der Waals surface area contributed by atoms with Crippen LogP contribution in [-0.2, 0) is 30.5 Å². The number of hydrogen-bond acceptors (Lipinski definition) is 7. The highest BCUT2D eigenvalue weighted by molar-refractivity contribution is 5.86. The first-order chi connectivity index (χ1) is 19.8. The number of allylic oxidation sites excluding steroid dienone is 1. The second-order valence-electron chi connectivity index (χ2n) is 9.46. The van der Waals surface area contributed by atoms with Crippen molar-refractivity contribution in [3.63, 3.8) is 0 Å². The molecule has 0 radical (unpaired) electrons. The van der Waals surface area contributed by atoms with E-state index in [2.05, 4.69) is 29.1 Å². The van der Waals surface area contributed by atoms with E-state index in [0.717, 1.165) is 5.56 Å². The summed E-state index contributed by atoms with van der Waals surface area (Å²) in [7, 11) is 0. The van der Waals surface area contributed by atoms with Gasteiger partial charge in [-0.15, -0.1) is 13.2 Å². The van der Waals surface area contributed by atoms with E-state index in [9.17, 15) is 24.3 Å². The summed E-state index contributed by atoms with van der Waals surface area (Å²) in [6, 6.07) is 15.8. The average Bonchev–Trinajstić information content (AvgIpc) is 2.98. The third kappa shape index (κ3) is 12.1. The lowest BCUT2D eigenvalue weighted by Crippen LogP contribution is -2.43. The minimum Gasteiger partial charge on any atom is -0.462 e. The number of aliphatic hydroxyl groups excluding tert-OH is 1. The number of esters is 1. The molecule has 0 aliphatic heterocycles. The van der Waals surface area contributed by atoms with Gasteiger partial charge in [0.25, 0.3) is 0 Å². The number of hydrogen-bond donors (Lipinski definition) is 4. The summed E-state index contributed by atoms with van der Waals surface area (Å²) in [5.41, 5.74) is 1.47. The van der Waals surface area contributed by atoms with Gasteiger partial charge >= 0.3 is 12.1 Å². The summed E-state index contributed by atoms with van der Waals surface area (Å²) in [5.74, 6) is -2.26. The molecule has 2 aromatic carbocycles. The summed E-state index contributed by atoms with van der Waals surface area (Å²) in [5, 5.41) is 17.2. The molecule has 4 atom stereocenters. The van der Waals surface area contributed by atoms with E-state index in [1.54, 1.807) is 37.3 Å². The first-order valence-electron chi connectivity index (χ1n) is 13.4. The molecule has 0 fully saturated rings. The average molecular weight is 566 g/mol. The summed E-state index contributed by atoms with van der Waals surface area (Å²) in [6.45, 7) is 8.56. The fourth-order valence-electron chi connectivity index (χ4n) is 3.84. The Morgan fingerprint density at radius 3 is 2.12 bits per heavy atom. The zero-order chi connectivity index (χ0) is 30.0. The van der Waals surface area contributed by atoms with Crippen LogP contribution in [0.2, 0.25) is 0 Å². The molecular formula is C31H39N3O7. The predicted octanol–water partition coefficient (Wildman–Crippen LogP) is 3.34. The summed E-state index contributed by atoms with van der Waals surface area (Å²) < 4.78 is 10.7. The molecule has 4 N–H and O–H groups in total. The molecule has 0 aliphatic rings. The van der Waals surface area contributed by atoms with Crippen LogP contribution in [0.25, 0.3) is 0 Å². The third-order valence-corrected chi connectivity index (χ3v) is 6.04. The van der Waals surface area contributed by atoms with Crippen molar-refractivity contribution in [3.8, 4) is 0 Å². The molecule has 0 saturated heterocycles. The Morgan fingerprint density at radius 1 is 0.878 bits per heavy atom. The van der Waals surface area contributed by atoms with Crippen LogP contribution in [0.15, 0.2) is 86.0 Å². The molecule has 41 heavy (non-hydrogen) atoms. The van der Waals surface area contributed by atoms with Crippen LogP contribution in [0, 0.1) is 5.92 Å². The van der Waals surface area contributed by atoms with Crippen molar-refractivity contribution in [1.29, 1.82) is 0 Å². The minimum absolute atomic E-state index is 0.0352. The van der Waals surface area contributed by atoms with Crippen molar-refractivity contribution in [2.45, 2.75) is 50.9 Å². The molecule has 10 heteroatoms. The largest absolute Gasteiger partial charge is 0.462 e. The molecule has 2 aromatic rings. The van der Waals surface area contributed by atoms with Crippen molar-refractivity contribution in [2.24, 2.45) is 5.92 Å². The van der Waals surface area contributed by atoms with Gasteiger partial charge in [-0.1, -0.05) is 72.8 Å². The smallest absolute Gasteiger partial charge is 0.408 e. The fourth-order valence-corrected chi connectivity index (χ4v) is 3.84. The quantitative estimate of drug-likeness (QED) is 0.170. The van der Waals surface area contributed by atoms with Crippen molar-refractivity contribution in [2.75, 3.05) is 13.2 Å². The van der Waals surface area contributed by atoms with E-state index in [0.29, 0.717) is 5.56 Å². The Bertz CT molecular complexity index is 1140. The lowest BCUT2D eigenvalue weighted by molar-refractivity contribution is -0.147. The molecule has 0 heterocycles. The van der Waals surface area contributed by atoms with Gasteiger partial charge in [-0.3, -0.25) is 9.59 Å². The highest BCUT2D eigenvalue weighted by atomic mass is 16.6. The molecule has 0 saturated carbocycles. The number of carbonyl (C=O) groups is 4. The lowest BCUT2D eigenvalue weighted by atomic mass is 9.98. The number of aliphatic hydroxyl groups is 1. The third-order valence-electron chi connectivity index (χ3n) is 6.04. The second kappa shape index (κ2) is 18.0. The number of alkyl carbamates (subject to hydrolysis) is 1. The van der Waals surface area contributed by atoms with Crippen LogP contribution in [0.1, 0.15) is 43.4 Å². The summed E-state index contributed by atoms with van der Waals surface area (Å²) >= 11 is 0. The van der Waals surface area contributed by atoms with E-state index in [-0.39, 0.29) is 45.0 Å². The Labute approximate surface area is 240 Å². The molecule has 2 rings (SSSR count). The highest BCUT2D eigenvalue weighted by Gasteiger charge is 2.27. The zero-order valence-corrected chi connectivity index (χ0v) is 23.3. The summed E-state index contributed by atoms with van der Waals surface area (Å²) in [6.07, 6.45) is 2.47. The molecule has 220 valence electrons. The lowest BCUT2D eigenvalue weighted by Gasteiger charge is -2.24. The highest BCUT2D eigenvalue weighted by Crippen LogP contribution is 2.18. The number of rotatable bonds is 17. The Kier molecular flexibility index (Phi) is 14.4. The number of carbonyl (C=O) groups excluding carboxylic acids is 4. The number of nitrogens with one attached hydrogen (secondary N) is 3. The molecule has 10 nitrogen and oxygen atoms in total. The Morgan fingerprint density at radius 2 is 1.51 bits per heavy atom. The number of amides is 3. The van der Waals surface area contributed by atoms with Crippen LogP contribution in [0.3, 0.4) is 0 Å². The van der Waals surface area contributed by atoms with Crippen LogP contribution in [0.4, 0.5) is 4.79 Å². The standard InChI is InChI=1S/C31H39N3O7/c1-4-12-25(18-28(36)32-22(3)19-35)29(37)33-27(24-16-10-7-11-17-24)21-40-30(38)26(13-5-2)34-31(39)41-20-23-14-8-6-9-15-23/h4-11,14-17,22,25-27,35H,1-2,12-13,18-21H2,3H3,(H,32,36)(H,33,37)(H,34,39). The van der Waals surface area contributed by atoms with Gasteiger partial charge in [-0.05, 0) is 30.9 Å². The predicted molar refractivity (Wildman–Crippen MR) is 154 cm³/mol. The van der Waals surface area contributed by atoms with Gasteiger partial charge < -0.3 is 30.5 Å². The van der Waals surface area contributed by atoms with Gasteiger partial charge in [0.15, 0.2) is 0 Å². The van der Waals surface area contributed by atoms with E-state index in [4.69, 9.17) is 9.47 Å². The van der Waals surface area contributed by atoms with E-state index < -0.39 is 42.0 Å². The van der Waals surface area contributed by atoms with Crippen LogP contribution >= 0.6 is 0 Å². The van der Waals surface area contributed by atoms with Crippen LogP contribution < -0.4 is 16.0 Å². The van der Waals surface area contributed by atoms with Gasteiger partial charge in [0.05, 0.1) is 18.6 Å². The zero-order valence-electron chi connectivity index (χ0n) is 23.3. The Hall–Kier alpha value is -4.44. The van der Waals surface area contributed by atoms with Gasteiger partial charge in [0, 0.05) is 12.5 Å². The van der Waals surface area contributed by atoms with Crippen molar-refractivity contribution in [1.82, 2.24) is 16.0 Å². The molecule has 0 aromatic heterocycles. The topological polar surface area (TPSA) is 143 Å².